The van der Waals surface area contributed by atoms with Crippen LogP contribution in [0.1, 0.15) is 12.7 Å². The number of hydrogen-bond acceptors (Lipinski definition) is 4. The minimum absolute atomic E-state index is 0.0422. The summed E-state index contributed by atoms with van der Waals surface area (Å²) in [7, 11) is 0. The number of nitrogens with one attached hydrogen (secondary N) is 2. The van der Waals surface area contributed by atoms with Gasteiger partial charge in [0.1, 0.15) is 29.1 Å². The molecule has 0 aliphatic heterocycles. The molecule has 2 aromatic rings. The van der Waals surface area contributed by atoms with Gasteiger partial charge in [0.2, 0.25) is 0 Å². The van der Waals surface area contributed by atoms with Gasteiger partial charge in [-0.15, -0.1) is 0 Å². The van der Waals surface area contributed by atoms with Crippen LogP contribution in [0.15, 0.2) is 24.3 Å². The van der Waals surface area contributed by atoms with Crippen LogP contribution in [-0.4, -0.2) is 16.5 Å². The molecular weight excluding hydrogens is 250 g/mol. The predicted molar refractivity (Wildman–Crippen MR) is 70.6 cm³/mol. The molecule has 0 unspecified atom stereocenters. The van der Waals surface area contributed by atoms with Gasteiger partial charge in [-0.3, -0.25) is 0 Å². The van der Waals surface area contributed by atoms with Crippen LogP contribution in [0, 0.1) is 18.6 Å². The zero-order valence-corrected chi connectivity index (χ0v) is 10.7. The SMILES string of the molecule is CCNc1cc(Nc2cc(F)ccc2F)nc(C)n1. The highest BCUT2D eigenvalue weighted by Gasteiger charge is 2.06. The Kier molecular flexibility index (Phi) is 3.89. The lowest BCUT2D eigenvalue weighted by Gasteiger charge is -2.10. The lowest BCUT2D eigenvalue weighted by atomic mass is 10.3. The van der Waals surface area contributed by atoms with E-state index in [0.29, 0.717) is 24.0 Å². The van der Waals surface area contributed by atoms with Gasteiger partial charge in [0, 0.05) is 18.7 Å². The maximum absolute atomic E-state index is 13.5. The van der Waals surface area contributed by atoms with Gasteiger partial charge in [-0.2, -0.15) is 0 Å². The highest BCUT2D eigenvalue weighted by molar-refractivity contribution is 5.59. The van der Waals surface area contributed by atoms with Gasteiger partial charge in [0.25, 0.3) is 0 Å². The number of hydrogen-bond donors (Lipinski definition) is 2. The van der Waals surface area contributed by atoms with Gasteiger partial charge in [-0.25, -0.2) is 18.7 Å². The predicted octanol–water partition coefficient (Wildman–Crippen LogP) is 3.24. The molecule has 100 valence electrons. The summed E-state index contributed by atoms with van der Waals surface area (Å²) in [6.07, 6.45) is 0. The highest BCUT2D eigenvalue weighted by Crippen LogP contribution is 2.21. The van der Waals surface area contributed by atoms with Gasteiger partial charge < -0.3 is 10.6 Å². The number of nitrogens with zero attached hydrogens (tertiary/aromatic N) is 2. The van der Waals surface area contributed by atoms with Crippen molar-refractivity contribution in [1.82, 2.24) is 9.97 Å². The number of anilines is 3. The number of rotatable bonds is 4. The maximum Gasteiger partial charge on any atom is 0.146 e. The molecule has 0 atom stereocenters. The minimum Gasteiger partial charge on any atom is -0.370 e. The fourth-order valence-corrected chi connectivity index (χ4v) is 1.63. The molecule has 1 heterocycles. The van der Waals surface area contributed by atoms with E-state index >= 15 is 0 Å². The van der Waals surface area contributed by atoms with Crippen LogP contribution in [0.3, 0.4) is 0 Å². The first-order chi connectivity index (χ1) is 9.08. The Hall–Kier alpha value is -2.24. The van der Waals surface area contributed by atoms with E-state index in [0.717, 1.165) is 18.2 Å². The molecule has 1 aromatic carbocycles. The fourth-order valence-electron chi connectivity index (χ4n) is 1.63. The van der Waals surface area contributed by atoms with Crippen molar-refractivity contribution in [3.63, 3.8) is 0 Å². The monoisotopic (exact) mass is 264 g/mol. The van der Waals surface area contributed by atoms with Gasteiger partial charge in [-0.1, -0.05) is 0 Å². The first-order valence-corrected chi connectivity index (χ1v) is 5.90. The second-order valence-electron chi connectivity index (χ2n) is 3.97. The molecule has 4 nitrogen and oxygen atoms in total. The summed E-state index contributed by atoms with van der Waals surface area (Å²) < 4.78 is 26.6. The second kappa shape index (κ2) is 5.60. The number of aryl methyl sites for hydroxylation is 1. The van der Waals surface area contributed by atoms with Crippen LogP contribution < -0.4 is 10.6 Å². The summed E-state index contributed by atoms with van der Waals surface area (Å²) in [6, 6.07) is 4.85. The van der Waals surface area contributed by atoms with E-state index in [2.05, 4.69) is 20.6 Å². The molecule has 0 bridgehead atoms. The lowest BCUT2D eigenvalue weighted by Crippen LogP contribution is -2.04. The molecular formula is C13H14F2N4. The third-order valence-corrected chi connectivity index (χ3v) is 2.39. The molecule has 2 rings (SSSR count). The third-order valence-electron chi connectivity index (χ3n) is 2.39. The van der Waals surface area contributed by atoms with Crippen LogP contribution >= 0.6 is 0 Å². The first kappa shape index (κ1) is 13.2. The Labute approximate surface area is 109 Å². The van der Waals surface area contributed by atoms with Gasteiger partial charge in [-0.05, 0) is 26.0 Å². The second-order valence-corrected chi connectivity index (χ2v) is 3.97. The Morgan fingerprint density at radius 1 is 1.11 bits per heavy atom. The van der Waals surface area contributed by atoms with Crippen molar-refractivity contribution in [3.8, 4) is 0 Å². The molecule has 6 heteroatoms. The Morgan fingerprint density at radius 2 is 1.84 bits per heavy atom. The van der Waals surface area contributed by atoms with Crippen LogP contribution in [0.2, 0.25) is 0 Å². The highest BCUT2D eigenvalue weighted by atomic mass is 19.1. The first-order valence-electron chi connectivity index (χ1n) is 5.90. The van der Waals surface area contributed by atoms with Crippen molar-refractivity contribution in [2.45, 2.75) is 13.8 Å². The largest absolute Gasteiger partial charge is 0.370 e. The van der Waals surface area contributed by atoms with E-state index in [-0.39, 0.29) is 5.69 Å². The molecule has 0 saturated carbocycles. The molecule has 0 amide bonds. The Morgan fingerprint density at radius 3 is 2.58 bits per heavy atom. The van der Waals surface area contributed by atoms with Crippen molar-refractivity contribution >= 4 is 17.3 Å². The molecule has 0 saturated heterocycles. The van der Waals surface area contributed by atoms with Crippen molar-refractivity contribution in [1.29, 1.82) is 0 Å². The van der Waals surface area contributed by atoms with Crippen LogP contribution in [0.5, 0.6) is 0 Å². The van der Waals surface area contributed by atoms with Crippen molar-refractivity contribution in [2.24, 2.45) is 0 Å². The van der Waals surface area contributed by atoms with E-state index < -0.39 is 11.6 Å². The van der Waals surface area contributed by atoms with Crippen molar-refractivity contribution in [2.75, 3.05) is 17.2 Å². The van der Waals surface area contributed by atoms with E-state index in [1.165, 1.54) is 0 Å². The average molecular weight is 264 g/mol. The standard InChI is InChI=1S/C13H14F2N4/c1-3-16-12-7-13(18-8(2)17-12)19-11-6-9(14)4-5-10(11)15/h4-7H,3H2,1-2H3,(H2,16,17,18,19). The zero-order chi connectivity index (χ0) is 13.8. The molecule has 0 spiro atoms. The topological polar surface area (TPSA) is 49.8 Å². The van der Waals surface area contributed by atoms with Gasteiger partial charge in [0.15, 0.2) is 0 Å². The van der Waals surface area contributed by atoms with Crippen LogP contribution in [0.25, 0.3) is 0 Å². The summed E-state index contributed by atoms with van der Waals surface area (Å²) in [5.41, 5.74) is 0.0422. The summed E-state index contributed by atoms with van der Waals surface area (Å²) in [6.45, 7) is 4.38. The van der Waals surface area contributed by atoms with Gasteiger partial charge in [0.05, 0.1) is 5.69 Å². The number of aromatic nitrogens is 2. The smallest absolute Gasteiger partial charge is 0.146 e. The summed E-state index contributed by atoms with van der Waals surface area (Å²) in [5, 5.41) is 5.79. The summed E-state index contributed by atoms with van der Waals surface area (Å²) in [5.74, 6) is 0.532. The van der Waals surface area contributed by atoms with E-state index in [1.807, 2.05) is 6.92 Å². The Balaban J connectivity index is 2.29. The molecule has 1 aromatic heterocycles. The normalized spacial score (nSPS) is 10.3. The molecule has 0 fully saturated rings. The third kappa shape index (κ3) is 3.37. The lowest BCUT2D eigenvalue weighted by molar-refractivity contribution is 0.603. The Bertz CT molecular complexity index is 587. The molecule has 0 aliphatic carbocycles. The molecule has 0 radical (unpaired) electrons. The quantitative estimate of drug-likeness (QED) is 0.890. The summed E-state index contributed by atoms with van der Waals surface area (Å²) in [4.78, 5) is 8.31. The maximum atomic E-state index is 13.5. The van der Waals surface area contributed by atoms with Crippen molar-refractivity contribution in [3.05, 3.63) is 41.7 Å². The molecule has 19 heavy (non-hydrogen) atoms. The minimum atomic E-state index is -0.539. The van der Waals surface area contributed by atoms with E-state index in [9.17, 15) is 8.78 Å². The average Bonchev–Trinajstić information content (AvgIpc) is 2.33. The van der Waals surface area contributed by atoms with Crippen LogP contribution in [0.4, 0.5) is 26.1 Å². The van der Waals surface area contributed by atoms with E-state index in [1.54, 1.807) is 13.0 Å². The number of halogens is 2. The van der Waals surface area contributed by atoms with Crippen LogP contribution in [-0.2, 0) is 0 Å². The van der Waals surface area contributed by atoms with E-state index in [4.69, 9.17) is 0 Å². The fraction of sp³-hybridized carbons (Fsp3) is 0.231. The molecule has 2 N–H and O–H groups in total. The number of benzene rings is 1. The van der Waals surface area contributed by atoms with Gasteiger partial charge >= 0.3 is 0 Å². The zero-order valence-electron chi connectivity index (χ0n) is 10.7. The molecule has 0 aliphatic rings. The van der Waals surface area contributed by atoms with Crippen molar-refractivity contribution < 1.29 is 8.78 Å². The summed E-state index contributed by atoms with van der Waals surface area (Å²) >= 11 is 0.